The van der Waals surface area contributed by atoms with E-state index in [2.05, 4.69) is 25.5 Å². The third kappa shape index (κ3) is 3.83. The topological polar surface area (TPSA) is 79.4 Å². The number of aryl methyl sites for hydroxylation is 1. The number of carbonyl (C=O) groups excluding carboxylic acids is 1. The lowest BCUT2D eigenvalue weighted by Crippen LogP contribution is -2.41. The van der Waals surface area contributed by atoms with Crippen molar-refractivity contribution in [1.82, 2.24) is 20.6 Å². The molecule has 1 saturated carbocycles. The van der Waals surface area contributed by atoms with Gasteiger partial charge in [-0.1, -0.05) is 12.8 Å². The molecule has 0 bridgehead atoms. The Morgan fingerprint density at radius 3 is 2.96 bits per heavy atom. The number of nitrogens with zero attached hydrogens (tertiary/aromatic N) is 3. The summed E-state index contributed by atoms with van der Waals surface area (Å²) in [5, 5.41) is 6.79. The second-order valence-electron chi connectivity index (χ2n) is 7.76. The van der Waals surface area contributed by atoms with Crippen molar-refractivity contribution < 1.29 is 9.53 Å². The first kappa shape index (κ1) is 17.7. The number of ether oxygens (including phenoxy) is 1. The van der Waals surface area contributed by atoms with Crippen LogP contribution in [0.2, 0.25) is 0 Å². The smallest absolute Gasteiger partial charge is 0.270 e. The summed E-state index contributed by atoms with van der Waals surface area (Å²) in [6.07, 6.45) is 8.21. The largest absolute Gasteiger partial charge is 0.378 e. The minimum Gasteiger partial charge on any atom is -0.378 e. The normalized spacial score (nSPS) is 28.7. The van der Waals surface area contributed by atoms with E-state index in [9.17, 15) is 4.79 Å². The quantitative estimate of drug-likeness (QED) is 0.843. The number of aromatic nitrogens is 2. The number of nitrogens with one attached hydrogen (secondary N) is 2. The van der Waals surface area contributed by atoms with Crippen LogP contribution in [0, 0.1) is 12.8 Å². The van der Waals surface area contributed by atoms with E-state index < -0.39 is 0 Å². The van der Waals surface area contributed by atoms with Crippen LogP contribution >= 0.6 is 0 Å². The van der Waals surface area contributed by atoms with E-state index in [0.717, 1.165) is 24.6 Å². The summed E-state index contributed by atoms with van der Waals surface area (Å²) in [7, 11) is 0. The number of morpholine rings is 1. The molecular weight excluding hydrogens is 330 g/mol. The second-order valence-corrected chi connectivity index (χ2v) is 7.76. The molecule has 2 N–H and O–H groups in total. The van der Waals surface area contributed by atoms with Crippen molar-refractivity contribution in [2.75, 3.05) is 37.7 Å². The van der Waals surface area contributed by atoms with Gasteiger partial charge in [0.15, 0.2) is 0 Å². The zero-order valence-electron chi connectivity index (χ0n) is 15.5. The van der Waals surface area contributed by atoms with E-state index in [1.165, 1.54) is 32.1 Å². The lowest BCUT2D eigenvalue weighted by molar-refractivity contribution is 0.0944. The Morgan fingerprint density at radius 2 is 2.15 bits per heavy atom. The number of anilines is 1. The van der Waals surface area contributed by atoms with Crippen molar-refractivity contribution in [3.63, 3.8) is 0 Å². The van der Waals surface area contributed by atoms with Gasteiger partial charge in [0.1, 0.15) is 5.69 Å². The molecule has 142 valence electrons. The Hall–Kier alpha value is -1.73. The van der Waals surface area contributed by atoms with Crippen LogP contribution in [0.5, 0.6) is 0 Å². The highest BCUT2D eigenvalue weighted by Gasteiger charge is 2.35. The van der Waals surface area contributed by atoms with E-state index in [1.807, 2.05) is 6.92 Å². The van der Waals surface area contributed by atoms with Gasteiger partial charge in [0.05, 0.1) is 13.2 Å². The van der Waals surface area contributed by atoms with Gasteiger partial charge in [-0.05, 0) is 37.7 Å². The SMILES string of the molecule is Cc1cnc(N2CCOCC2)nc1C(=O)NC[C@@H]1C[C@@H]2CCCC[C@@H]2N1. The number of rotatable bonds is 4. The molecular formula is C19H29N5O2. The molecule has 3 atom stereocenters. The molecule has 3 fully saturated rings. The third-order valence-corrected chi connectivity index (χ3v) is 5.92. The minimum atomic E-state index is -0.101. The Balaban J connectivity index is 1.36. The summed E-state index contributed by atoms with van der Waals surface area (Å²) in [5.41, 5.74) is 1.30. The highest BCUT2D eigenvalue weighted by atomic mass is 16.5. The van der Waals surface area contributed by atoms with E-state index in [1.54, 1.807) is 6.20 Å². The fourth-order valence-electron chi connectivity index (χ4n) is 4.47. The van der Waals surface area contributed by atoms with Crippen molar-refractivity contribution in [3.8, 4) is 0 Å². The summed E-state index contributed by atoms with van der Waals surface area (Å²) in [6, 6.07) is 1.03. The van der Waals surface area contributed by atoms with Gasteiger partial charge in [-0.3, -0.25) is 4.79 Å². The molecule has 26 heavy (non-hydrogen) atoms. The fourth-order valence-corrected chi connectivity index (χ4v) is 4.47. The molecule has 0 radical (unpaired) electrons. The van der Waals surface area contributed by atoms with Gasteiger partial charge >= 0.3 is 0 Å². The lowest BCUT2D eigenvalue weighted by atomic mass is 9.85. The van der Waals surface area contributed by atoms with Gasteiger partial charge in [0.2, 0.25) is 5.95 Å². The first-order valence-electron chi connectivity index (χ1n) is 9.91. The van der Waals surface area contributed by atoms with E-state index in [4.69, 9.17) is 4.74 Å². The van der Waals surface area contributed by atoms with Gasteiger partial charge in [0.25, 0.3) is 5.91 Å². The Bertz CT molecular complexity index is 633. The fraction of sp³-hybridized carbons (Fsp3) is 0.737. The van der Waals surface area contributed by atoms with Gasteiger partial charge < -0.3 is 20.3 Å². The van der Waals surface area contributed by atoms with Crippen molar-refractivity contribution in [1.29, 1.82) is 0 Å². The lowest BCUT2D eigenvalue weighted by Gasteiger charge is -2.27. The first-order chi connectivity index (χ1) is 12.7. The van der Waals surface area contributed by atoms with Crippen LogP contribution in [0.3, 0.4) is 0 Å². The van der Waals surface area contributed by atoms with Crippen molar-refractivity contribution in [3.05, 3.63) is 17.5 Å². The van der Waals surface area contributed by atoms with Gasteiger partial charge in [-0.25, -0.2) is 9.97 Å². The van der Waals surface area contributed by atoms with Crippen molar-refractivity contribution in [2.24, 2.45) is 5.92 Å². The van der Waals surface area contributed by atoms with Crippen LogP contribution in [0.1, 0.15) is 48.2 Å². The summed E-state index contributed by atoms with van der Waals surface area (Å²) in [6.45, 7) is 5.43. The monoisotopic (exact) mass is 359 g/mol. The number of fused-ring (bicyclic) bond motifs is 1. The molecule has 3 heterocycles. The maximum absolute atomic E-state index is 12.7. The van der Waals surface area contributed by atoms with Gasteiger partial charge in [0, 0.05) is 37.9 Å². The molecule has 1 aromatic rings. The molecule has 7 nitrogen and oxygen atoms in total. The van der Waals surface area contributed by atoms with Crippen LogP contribution in [-0.2, 0) is 4.74 Å². The van der Waals surface area contributed by atoms with Crippen LogP contribution in [-0.4, -0.2) is 60.8 Å². The minimum absolute atomic E-state index is 0.101. The number of amides is 1. The van der Waals surface area contributed by atoms with Crippen molar-refractivity contribution >= 4 is 11.9 Å². The highest BCUT2D eigenvalue weighted by molar-refractivity contribution is 5.93. The van der Waals surface area contributed by atoms with Crippen LogP contribution < -0.4 is 15.5 Å². The maximum atomic E-state index is 12.7. The van der Waals surface area contributed by atoms with Gasteiger partial charge in [-0.2, -0.15) is 0 Å². The third-order valence-electron chi connectivity index (χ3n) is 5.92. The number of hydrogen-bond acceptors (Lipinski definition) is 6. The standard InChI is InChI=1S/C19H29N5O2/c1-13-11-21-19(24-6-8-26-9-7-24)23-17(13)18(25)20-12-15-10-14-4-2-3-5-16(14)22-15/h11,14-16,22H,2-10,12H2,1H3,(H,20,25)/t14-,15-,16-/m0/s1. The molecule has 1 aliphatic carbocycles. The summed E-state index contributed by atoms with van der Waals surface area (Å²) in [4.78, 5) is 23.7. The van der Waals surface area contributed by atoms with Crippen molar-refractivity contribution in [2.45, 2.75) is 51.1 Å². The highest BCUT2D eigenvalue weighted by Crippen LogP contribution is 2.32. The number of hydrogen-bond donors (Lipinski definition) is 2. The Kier molecular flexibility index (Phi) is 5.36. The molecule has 0 unspecified atom stereocenters. The molecule has 0 aromatic carbocycles. The molecule has 3 aliphatic rings. The molecule has 4 rings (SSSR count). The molecule has 0 spiro atoms. The van der Waals surface area contributed by atoms with Crippen LogP contribution in [0.25, 0.3) is 0 Å². The van der Waals surface area contributed by atoms with E-state index >= 15 is 0 Å². The average molecular weight is 359 g/mol. The molecule has 2 aliphatic heterocycles. The first-order valence-corrected chi connectivity index (χ1v) is 9.91. The summed E-state index contributed by atoms with van der Waals surface area (Å²) < 4.78 is 5.37. The van der Waals surface area contributed by atoms with Crippen LogP contribution in [0.15, 0.2) is 6.20 Å². The zero-order valence-corrected chi connectivity index (χ0v) is 15.5. The molecule has 1 amide bonds. The Morgan fingerprint density at radius 1 is 1.35 bits per heavy atom. The summed E-state index contributed by atoms with van der Waals surface area (Å²) in [5.74, 6) is 1.31. The molecule has 7 heteroatoms. The zero-order chi connectivity index (χ0) is 17.9. The van der Waals surface area contributed by atoms with E-state index in [-0.39, 0.29) is 5.91 Å². The predicted octanol–water partition coefficient (Wildman–Crippen LogP) is 1.27. The number of carbonyl (C=O) groups is 1. The van der Waals surface area contributed by atoms with Gasteiger partial charge in [-0.15, -0.1) is 0 Å². The van der Waals surface area contributed by atoms with Crippen LogP contribution in [0.4, 0.5) is 5.95 Å². The average Bonchev–Trinajstić information content (AvgIpc) is 3.10. The van der Waals surface area contributed by atoms with E-state index in [0.29, 0.717) is 43.5 Å². The maximum Gasteiger partial charge on any atom is 0.270 e. The predicted molar refractivity (Wildman–Crippen MR) is 99.4 cm³/mol. The second kappa shape index (κ2) is 7.88. The molecule has 2 saturated heterocycles. The summed E-state index contributed by atoms with van der Waals surface area (Å²) >= 11 is 0. The Labute approximate surface area is 154 Å². The molecule has 1 aromatic heterocycles.